The summed E-state index contributed by atoms with van der Waals surface area (Å²) >= 11 is 0. The molecule has 0 aliphatic carbocycles. The van der Waals surface area contributed by atoms with E-state index in [0.29, 0.717) is 25.7 Å². The molecule has 0 heterocycles. The second-order valence-electron chi connectivity index (χ2n) is 33.9. The van der Waals surface area contributed by atoms with Gasteiger partial charge in [-0.1, -0.05) is 434 Å². The third-order valence-electron chi connectivity index (χ3n) is 21.6. The van der Waals surface area contributed by atoms with Crippen molar-refractivity contribution < 1.29 is 75.8 Å². The summed E-state index contributed by atoms with van der Waals surface area (Å²) in [7, 11) is -9.83. The van der Waals surface area contributed by atoms with Crippen molar-refractivity contribution in [3.8, 4) is 0 Å². The van der Waals surface area contributed by atoms with Gasteiger partial charge in [-0.15, -0.1) is 0 Å². The molecule has 0 saturated heterocycles. The minimum atomic E-state index is -4.96. The summed E-state index contributed by atoms with van der Waals surface area (Å²) in [5, 5.41) is 20.8. The summed E-state index contributed by atoms with van der Waals surface area (Å²) in [6, 6.07) is 0. The van der Waals surface area contributed by atoms with Crippen molar-refractivity contribution in [1.82, 2.24) is 0 Å². The van der Waals surface area contributed by atoms with Crippen LogP contribution in [0.1, 0.15) is 432 Å². The molecule has 0 amide bonds. The third kappa shape index (κ3) is 101. The normalized spacial score (nSPS) is 14.4. The van der Waals surface area contributed by atoms with Crippen LogP contribution < -0.4 is 0 Å². The zero-order valence-corrected chi connectivity index (χ0v) is 82.4. The highest BCUT2D eigenvalue weighted by Crippen LogP contribution is 2.45. The van der Waals surface area contributed by atoms with Crippen molar-refractivity contribution in [2.75, 3.05) is 39.6 Å². The van der Waals surface area contributed by atoms with Crippen LogP contribution in [0.25, 0.3) is 0 Å². The fourth-order valence-corrected chi connectivity index (χ4v) is 15.5. The van der Waals surface area contributed by atoms with E-state index in [1.165, 1.54) is 231 Å². The number of ether oxygens (including phenoxy) is 3. The molecule has 0 aromatic rings. The Bertz CT molecular complexity index is 3040. The van der Waals surface area contributed by atoms with Crippen LogP contribution in [-0.4, -0.2) is 95.9 Å². The van der Waals surface area contributed by atoms with Crippen LogP contribution in [0, 0.1) is 0 Å². The summed E-state index contributed by atoms with van der Waals surface area (Å²) < 4.78 is 61.6. The first-order chi connectivity index (χ1) is 62.2. The van der Waals surface area contributed by atoms with Gasteiger partial charge in [-0.05, 0) is 161 Å². The van der Waals surface area contributed by atoms with Crippen LogP contribution in [0.2, 0.25) is 0 Å². The highest BCUT2D eigenvalue weighted by atomic mass is 31.2. The maximum atomic E-state index is 13.1. The minimum absolute atomic E-state index is 0.0467. The highest BCUT2D eigenvalue weighted by Gasteiger charge is 2.30. The standard InChI is InChI=1S/C109H186O16P2/c1-4-7-10-13-16-19-22-25-28-31-34-37-39-41-43-45-47-49-51-53-55-57-59-61-63-66-68-71-74-77-80-83-86-89-92-95-107(112)119-98-104(110)99-121-126(115,116)122-100-105(111)101-123-127(117,118)124-103-106(125-109(114)97-94-91-88-85-82-79-76-73-70-65-36-33-30-27-24-21-18-15-12-9-6-3)102-120-108(113)96-93-90-87-84-81-78-75-72-69-67-64-62-60-58-56-54-52-50-48-46-44-42-40-38-35-32-29-26-23-20-17-14-11-8-5-2/h7,9-10,12,16-21,25-30,34-38,41-44,65,73,76,82,85,104-106,110-111H,4-6,8,11,13-15,22-24,31-33,39-40,45-64,66-72,74-75,77-81,83-84,86-103H2,1-3H3,(H,115,116)(H,117,118)/b10-7-,12-9-,19-16-,20-17-,21-18-,28-25-,29-26-,30-27-,37-34-,38-35-,43-41-,44-42-,65-36-,76-73-,85-82-. The summed E-state index contributed by atoms with van der Waals surface area (Å²) in [6.45, 7) is 2.44. The van der Waals surface area contributed by atoms with Crippen molar-refractivity contribution >= 4 is 33.6 Å². The number of phosphoric acid groups is 2. The van der Waals surface area contributed by atoms with E-state index >= 15 is 0 Å². The lowest BCUT2D eigenvalue weighted by molar-refractivity contribution is -0.161. The number of allylic oxidation sites excluding steroid dienone is 30. The number of carbonyl (C=O) groups excluding carboxylic acids is 3. The van der Waals surface area contributed by atoms with Gasteiger partial charge in [0.05, 0.1) is 26.4 Å². The number of unbranched alkanes of at least 4 members (excludes halogenated alkanes) is 43. The van der Waals surface area contributed by atoms with E-state index in [9.17, 15) is 43.5 Å². The van der Waals surface area contributed by atoms with Gasteiger partial charge in [0.1, 0.15) is 25.4 Å². The molecule has 0 aromatic carbocycles. The monoisotopic (exact) mass is 1810 g/mol. The lowest BCUT2D eigenvalue weighted by Crippen LogP contribution is -2.30. The summed E-state index contributed by atoms with van der Waals surface area (Å²) in [6.07, 6.45) is 133. The van der Waals surface area contributed by atoms with Gasteiger partial charge in [0.25, 0.3) is 0 Å². The predicted octanol–water partition coefficient (Wildman–Crippen LogP) is 32.3. The molecule has 5 atom stereocenters. The van der Waals surface area contributed by atoms with E-state index in [1.807, 2.05) is 0 Å². The molecule has 127 heavy (non-hydrogen) atoms. The summed E-state index contributed by atoms with van der Waals surface area (Å²) in [5.41, 5.74) is 0. The molecule has 5 unspecified atom stereocenters. The van der Waals surface area contributed by atoms with Crippen molar-refractivity contribution in [3.63, 3.8) is 0 Å². The van der Waals surface area contributed by atoms with Crippen LogP contribution in [-0.2, 0) is 55.8 Å². The van der Waals surface area contributed by atoms with Crippen LogP contribution in [0.5, 0.6) is 0 Å². The summed E-state index contributed by atoms with van der Waals surface area (Å²) in [4.78, 5) is 59.1. The van der Waals surface area contributed by atoms with Crippen molar-refractivity contribution in [2.45, 2.75) is 450 Å². The average molecular weight is 1810 g/mol. The van der Waals surface area contributed by atoms with Gasteiger partial charge in [-0.2, -0.15) is 0 Å². The average Bonchev–Trinajstić information content (AvgIpc) is 0.901. The molecule has 0 aliphatic heterocycles. The Balaban J connectivity index is 4.53. The number of aliphatic hydroxyl groups excluding tert-OH is 2. The first kappa shape index (κ1) is 122. The fraction of sp³-hybridized carbons (Fsp3) is 0.697. The van der Waals surface area contributed by atoms with E-state index in [2.05, 4.69) is 203 Å². The van der Waals surface area contributed by atoms with Crippen molar-refractivity contribution in [1.29, 1.82) is 0 Å². The second-order valence-corrected chi connectivity index (χ2v) is 36.8. The molecule has 0 aliphatic rings. The Hall–Kier alpha value is -5.35. The number of rotatable bonds is 96. The number of esters is 3. The third-order valence-corrected chi connectivity index (χ3v) is 23.5. The Morgan fingerprint density at radius 2 is 0.417 bits per heavy atom. The minimum Gasteiger partial charge on any atom is -0.463 e. The van der Waals surface area contributed by atoms with Crippen LogP contribution in [0.15, 0.2) is 182 Å². The predicted molar refractivity (Wildman–Crippen MR) is 537 cm³/mol. The van der Waals surface area contributed by atoms with Crippen molar-refractivity contribution in [2.24, 2.45) is 0 Å². The molecule has 0 rings (SSSR count). The number of phosphoric ester groups is 2. The van der Waals surface area contributed by atoms with Crippen LogP contribution >= 0.6 is 15.6 Å². The molecule has 0 bridgehead atoms. The van der Waals surface area contributed by atoms with Gasteiger partial charge in [-0.3, -0.25) is 32.5 Å². The molecule has 18 heteroatoms. The van der Waals surface area contributed by atoms with Gasteiger partial charge in [0, 0.05) is 19.3 Å². The molecule has 0 radical (unpaired) electrons. The molecule has 16 nitrogen and oxygen atoms in total. The zero-order chi connectivity index (χ0) is 92.1. The molecule has 0 spiro atoms. The first-order valence-electron chi connectivity index (χ1n) is 51.1. The SMILES string of the molecule is CC/C=C\C/C=C\C/C=C\C/C=C\C/C=C\C/C=C\CCCCC(=O)OC(COC(=O)CCCCCCCCCCCCCCCCCCCCC/C=C\C/C=C\C/C=C\C/C=C\CCCCC)COP(=O)(O)OCC(O)COP(=O)(O)OCC(O)COC(=O)CCCCCCCCCCCCCCCCCCCCC/C=C\C/C=C\C/C=C\C/C=C\C/C=C\CC. The quantitative estimate of drug-likeness (QED) is 0.0146. The Labute approximate surface area is 776 Å². The summed E-state index contributed by atoms with van der Waals surface area (Å²) in [5.74, 6) is -1.61. The number of hydrogen-bond donors (Lipinski definition) is 4. The second kappa shape index (κ2) is 99.7. The number of carbonyl (C=O) groups is 3. The Morgan fingerprint density at radius 3 is 0.677 bits per heavy atom. The van der Waals surface area contributed by atoms with E-state index in [4.69, 9.17) is 32.3 Å². The molecular formula is C109H186O16P2. The fourth-order valence-electron chi connectivity index (χ4n) is 13.9. The number of hydrogen-bond acceptors (Lipinski definition) is 14. The largest absolute Gasteiger partial charge is 0.472 e. The Morgan fingerprint density at radius 1 is 0.228 bits per heavy atom. The van der Waals surface area contributed by atoms with E-state index in [1.54, 1.807) is 0 Å². The Kier molecular flexibility index (Phi) is 95.5. The molecule has 0 fully saturated rings. The van der Waals surface area contributed by atoms with Gasteiger partial charge >= 0.3 is 33.6 Å². The van der Waals surface area contributed by atoms with E-state index < -0.39 is 91.5 Å². The maximum Gasteiger partial charge on any atom is 0.472 e. The lowest BCUT2D eigenvalue weighted by Gasteiger charge is -2.21. The van der Waals surface area contributed by atoms with E-state index in [0.717, 1.165) is 135 Å². The van der Waals surface area contributed by atoms with Crippen LogP contribution in [0.4, 0.5) is 0 Å². The molecule has 0 saturated carbocycles. The van der Waals surface area contributed by atoms with Gasteiger partial charge in [-0.25, -0.2) is 9.13 Å². The smallest absolute Gasteiger partial charge is 0.463 e. The van der Waals surface area contributed by atoms with Gasteiger partial charge in [0.15, 0.2) is 6.10 Å². The zero-order valence-electron chi connectivity index (χ0n) is 80.6. The van der Waals surface area contributed by atoms with Gasteiger partial charge in [0.2, 0.25) is 0 Å². The van der Waals surface area contributed by atoms with E-state index in [-0.39, 0.29) is 19.3 Å². The van der Waals surface area contributed by atoms with Crippen LogP contribution in [0.3, 0.4) is 0 Å². The van der Waals surface area contributed by atoms with Crippen molar-refractivity contribution in [3.05, 3.63) is 182 Å². The maximum absolute atomic E-state index is 13.1. The molecular weight excluding hydrogens is 1630 g/mol. The molecule has 4 N–H and O–H groups in total. The van der Waals surface area contributed by atoms with Gasteiger partial charge < -0.3 is 34.2 Å². The lowest BCUT2D eigenvalue weighted by atomic mass is 10.0. The molecule has 0 aromatic heterocycles. The number of aliphatic hydroxyl groups is 2. The topological polar surface area (TPSA) is 231 Å². The first-order valence-corrected chi connectivity index (χ1v) is 54.1. The highest BCUT2D eigenvalue weighted by molar-refractivity contribution is 7.47. The molecule has 728 valence electrons.